The Kier molecular flexibility index (Phi) is 7.22. The van der Waals surface area contributed by atoms with Gasteiger partial charge in [-0.25, -0.2) is 4.98 Å². The van der Waals surface area contributed by atoms with Crippen LogP contribution < -0.4 is 5.56 Å². The number of ether oxygens (including phenoxy) is 1. The van der Waals surface area contributed by atoms with Crippen LogP contribution in [0.4, 0.5) is 0 Å². The van der Waals surface area contributed by atoms with Gasteiger partial charge in [-0.3, -0.25) is 14.2 Å². The first-order chi connectivity index (χ1) is 18.0. The molecule has 1 aliphatic heterocycles. The van der Waals surface area contributed by atoms with Crippen LogP contribution >= 0.6 is 11.8 Å². The number of hydrogen-bond donors (Lipinski definition) is 1. The molecule has 0 unspecified atom stereocenters. The summed E-state index contributed by atoms with van der Waals surface area (Å²) in [5.74, 6) is 0.771. The highest BCUT2D eigenvalue weighted by atomic mass is 32.2. The van der Waals surface area contributed by atoms with Crippen LogP contribution in [0.15, 0.2) is 71.1 Å². The van der Waals surface area contributed by atoms with Crippen molar-refractivity contribution in [2.75, 3.05) is 32.6 Å². The molecule has 0 bridgehead atoms. The fraction of sp³-hybridized carbons (Fsp3) is 0.345. The Morgan fingerprint density at radius 3 is 2.62 bits per heavy atom. The summed E-state index contributed by atoms with van der Waals surface area (Å²) in [5.41, 5.74) is 3.88. The Labute approximate surface area is 220 Å². The van der Waals surface area contributed by atoms with Gasteiger partial charge in [-0.1, -0.05) is 42.1 Å². The predicted octanol–water partition coefficient (Wildman–Crippen LogP) is 4.27. The van der Waals surface area contributed by atoms with Crippen LogP contribution in [0.25, 0.3) is 11.3 Å². The van der Waals surface area contributed by atoms with Gasteiger partial charge in [-0.05, 0) is 49.1 Å². The van der Waals surface area contributed by atoms with E-state index in [2.05, 4.69) is 18.7 Å². The Bertz CT molecular complexity index is 1370. The van der Waals surface area contributed by atoms with Gasteiger partial charge in [-0.2, -0.15) is 0 Å². The number of amides is 1. The number of likely N-dealkylation sites (tertiary alicyclic amines) is 1. The minimum atomic E-state index is -0.391. The number of piperidine rings is 1. The second-order valence-corrected chi connectivity index (χ2v) is 10.7. The lowest BCUT2D eigenvalue weighted by molar-refractivity contribution is 0.0663. The molecule has 1 amide bonds. The molecule has 0 saturated carbocycles. The van der Waals surface area contributed by atoms with Crippen molar-refractivity contribution in [3.63, 3.8) is 0 Å². The topological polar surface area (TPSA) is 84.7 Å². The van der Waals surface area contributed by atoms with Gasteiger partial charge in [0.05, 0.1) is 17.9 Å². The largest absolute Gasteiger partial charge is 0.508 e. The van der Waals surface area contributed by atoms with Crippen LogP contribution in [0.5, 0.6) is 5.75 Å². The van der Waals surface area contributed by atoms with E-state index in [1.165, 1.54) is 29.5 Å². The molecule has 1 N–H and O–H groups in total. The number of benzene rings is 2. The van der Waals surface area contributed by atoms with E-state index in [0.717, 1.165) is 23.2 Å². The monoisotopic (exact) mass is 517 g/mol. The normalized spacial score (nSPS) is 15.8. The predicted molar refractivity (Wildman–Crippen MR) is 145 cm³/mol. The Balaban J connectivity index is 1.54. The molecule has 1 saturated heterocycles. The number of hydrogen-bond acceptors (Lipinski definition) is 6. The third-order valence-corrected chi connectivity index (χ3v) is 8.36. The standard InChI is InChI=1S/C29H31N3O4S/c1-3-14-32-27(35)24-25(30-28(32)37-18-17-36-2)23-7-5-4-6-21(23)19-29(24)12-15-31(16-13-29)26(34)20-8-10-22(33)11-9-20/h3-11,33H,1,12-19H2,2H3. The van der Waals surface area contributed by atoms with Gasteiger partial charge >= 0.3 is 0 Å². The summed E-state index contributed by atoms with van der Waals surface area (Å²) in [7, 11) is 1.66. The number of thioether (sulfide) groups is 1. The van der Waals surface area contributed by atoms with Crippen LogP contribution in [0.3, 0.4) is 0 Å². The smallest absolute Gasteiger partial charge is 0.258 e. The summed E-state index contributed by atoms with van der Waals surface area (Å²) in [4.78, 5) is 34.2. The van der Waals surface area contributed by atoms with E-state index in [9.17, 15) is 14.7 Å². The van der Waals surface area contributed by atoms with Gasteiger partial charge in [0.2, 0.25) is 0 Å². The molecule has 192 valence electrons. The van der Waals surface area contributed by atoms with E-state index in [0.29, 0.717) is 55.6 Å². The Morgan fingerprint density at radius 1 is 1.19 bits per heavy atom. The van der Waals surface area contributed by atoms with Gasteiger partial charge in [0.1, 0.15) is 5.75 Å². The molecular weight excluding hydrogens is 486 g/mol. The van der Waals surface area contributed by atoms with Crippen molar-refractivity contribution >= 4 is 17.7 Å². The second-order valence-electron chi connectivity index (χ2n) is 9.62. The minimum Gasteiger partial charge on any atom is -0.508 e. The quantitative estimate of drug-likeness (QED) is 0.218. The van der Waals surface area contributed by atoms with Crippen molar-refractivity contribution in [2.24, 2.45) is 0 Å². The molecule has 0 atom stereocenters. The lowest BCUT2D eigenvalue weighted by Gasteiger charge is -2.45. The fourth-order valence-electron chi connectivity index (χ4n) is 5.53. The maximum Gasteiger partial charge on any atom is 0.258 e. The van der Waals surface area contributed by atoms with Crippen LogP contribution in [0.2, 0.25) is 0 Å². The first-order valence-corrected chi connectivity index (χ1v) is 13.5. The van der Waals surface area contributed by atoms with E-state index in [1.807, 2.05) is 17.0 Å². The number of aromatic hydroxyl groups is 1. The third-order valence-electron chi connectivity index (χ3n) is 7.42. The number of aromatic nitrogens is 2. The second kappa shape index (κ2) is 10.6. The molecule has 1 spiro atoms. The number of allylic oxidation sites excluding steroid dienone is 1. The van der Waals surface area contributed by atoms with Crippen LogP contribution in [0.1, 0.15) is 34.3 Å². The highest BCUT2D eigenvalue weighted by molar-refractivity contribution is 7.99. The van der Waals surface area contributed by atoms with Crippen molar-refractivity contribution in [3.8, 4) is 17.0 Å². The lowest BCUT2D eigenvalue weighted by atomic mass is 9.64. The van der Waals surface area contributed by atoms with E-state index >= 15 is 0 Å². The van der Waals surface area contributed by atoms with Gasteiger partial charge in [0.15, 0.2) is 5.16 Å². The maximum atomic E-state index is 14.1. The van der Waals surface area contributed by atoms with Gasteiger partial charge in [0.25, 0.3) is 11.5 Å². The number of fused-ring (bicyclic) bond motifs is 4. The number of carbonyl (C=O) groups excluding carboxylic acids is 1. The molecule has 2 aliphatic rings. The molecule has 1 fully saturated rings. The Morgan fingerprint density at radius 2 is 1.92 bits per heavy atom. The average Bonchev–Trinajstić information content (AvgIpc) is 2.91. The minimum absolute atomic E-state index is 0.0161. The molecule has 0 radical (unpaired) electrons. The first kappa shape index (κ1) is 25.3. The highest BCUT2D eigenvalue weighted by Gasteiger charge is 2.45. The van der Waals surface area contributed by atoms with Crippen LogP contribution in [-0.2, 0) is 23.1 Å². The van der Waals surface area contributed by atoms with E-state index in [-0.39, 0.29) is 17.2 Å². The number of nitrogens with zero attached hydrogens (tertiary/aromatic N) is 3. The summed E-state index contributed by atoms with van der Waals surface area (Å²) in [5, 5.41) is 10.3. The summed E-state index contributed by atoms with van der Waals surface area (Å²) in [6, 6.07) is 14.6. The summed E-state index contributed by atoms with van der Waals surface area (Å²) in [6.07, 6.45) is 3.84. The maximum absolute atomic E-state index is 14.1. The van der Waals surface area contributed by atoms with Gasteiger partial charge in [-0.15, -0.1) is 6.58 Å². The van der Waals surface area contributed by atoms with E-state index < -0.39 is 5.41 Å². The number of rotatable bonds is 7. The molecule has 8 heteroatoms. The number of phenols is 1. The zero-order valence-corrected chi connectivity index (χ0v) is 21.8. The fourth-order valence-corrected chi connectivity index (χ4v) is 6.44. The van der Waals surface area contributed by atoms with Crippen molar-refractivity contribution in [2.45, 2.75) is 36.4 Å². The van der Waals surface area contributed by atoms with Crippen LogP contribution in [0, 0.1) is 0 Å². The number of methoxy groups -OCH3 is 1. The van der Waals surface area contributed by atoms with Crippen LogP contribution in [-0.4, -0.2) is 58.0 Å². The first-order valence-electron chi connectivity index (χ1n) is 12.5. The molecule has 5 rings (SSSR count). The highest BCUT2D eigenvalue weighted by Crippen LogP contribution is 2.47. The Hall–Kier alpha value is -3.36. The summed E-state index contributed by atoms with van der Waals surface area (Å²) in [6.45, 7) is 5.92. The molecule has 37 heavy (non-hydrogen) atoms. The number of carbonyl (C=O) groups is 1. The van der Waals surface area contributed by atoms with E-state index in [4.69, 9.17) is 9.72 Å². The molecule has 7 nitrogen and oxygen atoms in total. The van der Waals surface area contributed by atoms with Gasteiger partial charge in [0, 0.05) is 49.0 Å². The molecule has 2 heterocycles. The molecule has 3 aromatic rings. The van der Waals surface area contributed by atoms with Crippen molar-refractivity contribution in [1.82, 2.24) is 14.5 Å². The molecule has 1 aliphatic carbocycles. The van der Waals surface area contributed by atoms with E-state index in [1.54, 1.807) is 29.9 Å². The number of phenolic OH excluding ortho intramolecular Hbond substituents is 1. The molecular formula is C29H31N3O4S. The van der Waals surface area contributed by atoms with Crippen molar-refractivity contribution in [1.29, 1.82) is 0 Å². The lowest BCUT2D eigenvalue weighted by Crippen LogP contribution is -2.50. The summed E-state index contributed by atoms with van der Waals surface area (Å²) >= 11 is 1.52. The molecule has 1 aromatic heterocycles. The summed E-state index contributed by atoms with van der Waals surface area (Å²) < 4.78 is 6.95. The zero-order chi connectivity index (χ0) is 26.0. The average molecular weight is 518 g/mol. The SMILES string of the molecule is C=CCn1c(SCCOC)nc2c(c1=O)C1(CCN(C(=O)c3ccc(O)cc3)CC1)Cc1ccccc1-2. The van der Waals surface area contributed by atoms with Crippen molar-refractivity contribution in [3.05, 3.63) is 88.2 Å². The third kappa shape index (κ3) is 4.71. The van der Waals surface area contributed by atoms with Gasteiger partial charge < -0.3 is 14.7 Å². The molecule has 2 aromatic carbocycles. The van der Waals surface area contributed by atoms with Crippen molar-refractivity contribution < 1.29 is 14.6 Å². The zero-order valence-electron chi connectivity index (χ0n) is 21.0.